The lowest BCUT2D eigenvalue weighted by molar-refractivity contribution is -0.384. The Morgan fingerprint density at radius 3 is 2.96 bits per heavy atom. The monoisotopic (exact) mass is 370 g/mol. The molecule has 0 fully saturated rings. The normalized spacial score (nSPS) is 14.0. The van der Waals surface area contributed by atoms with Gasteiger partial charge in [-0.25, -0.2) is 4.98 Å². The Kier molecular flexibility index (Phi) is 4.00. The van der Waals surface area contributed by atoms with E-state index in [1.165, 1.54) is 35.6 Å². The van der Waals surface area contributed by atoms with Crippen molar-refractivity contribution < 1.29 is 10.0 Å². The van der Waals surface area contributed by atoms with E-state index in [9.17, 15) is 20.0 Å². The van der Waals surface area contributed by atoms with Gasteiger partial charge in [-0.1, -0.05) is 0 Å². The van der Waals surface area contributed by atoms with Gasteiger partial charge in [-0.3, -0.25) is 14.9 Å². The van der Waals surface area contributed by atoms with Crippen LogP contribution in [-0.4, -0.2) is 25.9 Å². The Morgan fingerprint density at radius 1 is 1.35 bits per heavy atom. The number of aryl methyl sites for hydroxylation is 2. The van der Waals surface area contributed by atoms with Crippen molar-refractivity contribution in [1.29, 1.82) is 0 Å². The summed E-state index contributed by atoms with van der Waals surface area (Å²) in [6.07, 6.45) is 6.57. The molecule has 0 saturated carbocycles. The van der Waals surface area contributed by atoms with E-state index in [2.05, 4.69) is 10.1 Å². The van der Waals surface area contributed by atoms with Gasteiger partial charge in [0.25, 0.3) is 11.2 Å². The smallest absolute Gasteiger partial charge is 0.282 e. The van der Waals surface area contributed by atoms with Crippen LogP contribution >= 0.6 is 11.3 Å². The van der Waals surface area contributed by atoms with Crippen molar-refractivity contribution in [2.24, 2.45) is 5.10 Å². The van der Waals surface area contributed by atoms with Crippen LogP contribution < -0.4 is 5.56 Å². The third-order valence-corrected chi connectivity index (χ3v) is 5.60. The van der Waals surface area contributed by atoms with E-state index in [0.29, 0.717) is 10.2 Å². The molecule has 2 heterocycles. The van der Waals surface area contributed by atoms with Crippen molar-refractivity contribution in [3.8, 4) is 5.75 Å². The number of nitro benzene ring substituents is 1. The van der Waals surface area contributed by atoms with Crippen molar-refractivity contribution in [3.05, 3.63) is 61.0 Å². The van der Waals surface area contributed by atoms with Crippen LogP contribution in [0.25, 0.3) is 10.2 Å². The van der Waals surface area contributed by atoms with Crippen molar-refractivity contribution in [2.45, 2.75) is 25.7 Å². The van der Waals surface area contributed by atoms with Crippen molar-refractivity contribution >= 4 is 33.5 Å². The molecule has 0 unspecified atom stereocenters. The quantitative estimate of drug-likeness (QED) is 0.433. The Bertz CT molecular complexity index is 1120. The number of nitro groups is 1. The van der Waals surface area contributed by atoms with Crippen LogP contribution in [-0.2, 0) is 12.8 Å². The number of phenolic OH excluding ortho intramolecular Hbond substituents is 1. The second-order valence-electron chi connectivity index (χ2n) is 6.03. The minimum Gasteiger partial charge on any atom is -0.507 e. The van der Waals surface area contributed by atoms with Crippen molar-refractivity contribution in [1.82, 2.24) is 9.66 Å². The molecule has 4 rings (SSSR count). The number of aromatic nitrogens is 2. The molecule has 1 aliphatic rings. The van der Waals surface area contributed by atoms with Gasteiger partial charge < -0.3 is 5.11 Å². The number of phenols is 1. The highest BCUT2D eigenvalue weighted by Crippen LogP contribution is 2.33. The van der Waals surface area contributed by atoms with Crippen LogP contribution in [0.1, 0.15) is 28.8 Å². The minimum absolute atomic E-state index is 0.151. The topological polar surface area (TPSA) is 111 Å². The zero-order chi connectivity index (χ0) is 18.3. The molecule has 1 aliphatic carbocycles. The van der Waals surface area contributed by atoms with E-state index < -0.39 is 4.92 Å². The first kappa shape index (κ1) is 16.4. The van der Waals surface area contributed by atoms with Gasteiger partial charge in [0, 0.05) is 22.6 Å². The van der Waals surface area contributed by atoms with Gasteiger partial charge in [-0.15, -0.1) is 11.3 Å². The molecule has 9 heteroatoms. The second-order valence-corrected chi connectivity index (χ2v) is 7.11. The molecule has 3 aromatic rings. The van der Waals surface area contributed by atoms with Crippen LogP contribution in [0.5, 0.6) is 5.75 Å². The van der Waals surface area contributed by atoms with Gasteiger partial charge in [0.05, 0.1) is 16.5 Å². The zero-order valence-corrected chi connectivity index (χ0v) is 14.4. The molecule has 1 aromatic carbocycles. The number of aromatic hydroxyl groups is 1. The van der Waals surface area contributed by atoms with Crippen LogP contribution in [0.4, 0.5) is 5.69 Å². The number of non-ortho nitro benzene ring substituents is 1. The first-order valence-corrected chi connectivity index (χ1v) is 8.90. The summed E-state index contributed by atoms with van der Waals surface area (Å²) in [6, 6.07) is 3.62. The van der Waals surface area contributed by atoms with E-state index in [-0.39, 0.29) is 22.6 Å². The SMILES string of the molecule is O=c1c2c3c(sc2ncn1N=Cc1cc([N+](=O)[O-])ccc1O)CCCC3. The predicted octanol–water partition coefficient (Wildman–Crippen LogP) is 2.83. The second kappa shape index (κ2) is 6.34. The Hall–Kier alpha value is -3.07. The summed E-state index contributed by atoms with van der Waals surface area (Å²) in [6.45, 7) is 0. The maximum Gasteiger partial charge on any atom is 0.282 e. The van der Waals surface area contributed by atoms with E-state index in [1.807, 2.05) is 0 Å². The molecule has 0 saturated heterocycles. The number of nitrogens with zero attached hydrogens (tertiary/aromatic N) is 4. The van der Waals surface area contributed by atoms with Gasteiger partial charge >= 0.3 is 0 Å². The molecule has 132 valence electrons. The average Bonchev–Trinajstić information content (AvgIpc) is 3.01. The minimum atomic E-state index is -0.561. The fourth-order valence-corrected chi connectivity index (χ4v) is 4.32. The van der Waals surface area contributed by atoms with E-state index in [4.69, 9.17) is 0 Å². The Balaban J connectivity index is 1.77. The fraction of sp³-hybridized carbons (Fsp3) is 0.235. The Labute approximate surface area is 151 Å². The molecule has 1 N–H and O–H groups in total. The molecule has 0 aliphatic heterocycles. The highest BCUT2D eigenvalue weighted by Gasteiger charge is 2.19. The number of hydrogen-bond donors (Lipinski definition) is 1. The molecule has 0 spiro atoms. The summed E-state index contributed by atoms with van der Waals surface area (Å²) in [5.41, 5.74) is 0.780. The first-order valence-electron chi connectivity index (χ1n) is 8.08. The molecular weight excluding hydrogens is 356 g/mol. The lowest BCUT2D eigenvalue weighted by atomic mass is 9.97. The van der Waals surface area contributed by atoms with E-state index >= 15 is 0 Å². The molecule has 0 radical (unpaired) electrons. The lowest BCUT2D eigenvalue weighted by Crippen LogP contribution is -2.18. The molecule has 2 aromatic heterocycles. The van der Waals surface area contributed by atoms with E-state index in [0.717, 1.165) is 35.9 Å². The van der Waals surface area contributed by atoms with Crippen molar-refractivity contribution in [3.63, 3.8) is 0 Å². The highest BCUT2D eigenvalue weighted by atomic mass is 32.1. The largest absolute Gasteiger partial charge is 0.507 e. The van der Waals surface area contributed by atoms with Gasteiger partial charge in [0.15, 0.2) is 0 Å². The molecule has 0 bridgehead atoms. The first-order chi connectivity index (χ1) is 12.5. The van der Waals surface area contributed by atoms with Gasteiger partial charge in [0.1, 0.15) is 16.9 Å². The average molecular weight is 370 g/mol. The van der Waals surface area contributed by atoms with Gasteiger partial charge in [0.2, 0.25) is 0 Å². The van der Waals surface area contributed by atoms with Crippen LogP contribution in [0.15, 0.2) is 34.4 Å². The number of rotatable bonds is 3. The molecule has 0 atom stereocenters. The summed E-state index contributed by atoms with van der Waals surface area (Å²) >= 11 is 1.55. The van der Waals surface area contributed by atoms with Crippen LogP contribution in [0, 0.1) is 10.1 Å². The molecule has 8 nitrogen and oxygen atoms in total. The predicted molar refractivity (Wildman–Crippen MR) is 98.3 cm³/mol. The maximum absolute atomic E-state index is 12.8. The lowest BCUT2D eigenvalue weighted by Gasteiger charge is -2.09. The summed E-state index contributed by atoms with van der Waals surface area (Å²) in [4.78, 5) is 29.3. The molecule has 0 amide bonds. The third kappa shape index (κ3) is 2.76. The number of hydrogen-bond acceptors (Lipinski definition) is 7. The maximum atomic E-state index is 12.8. The summed E-state index contributed by atoms with van der Waals surface area (Å²) in [5.74, 6) is -0.158. The number of fused-ring (bicyclic) bond motifs is 3. The zero-order valence-electron chi connectivity index (χ0n) is 13.6. The van der Waals surface area contributed by atoms with Gasteiger partial charge in [-0.05, 0) is 37.3 Å². The standard InChI is InChI=1S/C17H14N4O4S/c22-13-6-5-11(21(24)25)7-10(13)8-19-20-9-18-16-15(17(20)23)12-3-1-2-4-14(12)26-16/h5-9,22H,1-4H2. The Morgan fingerprint density at radius 2 is 2.15 bits per heavy atom. The highest BCUT2D eigenvalue weighted by molar-refractivity contribution is 7.18. The number of thiophene rings is 1. The van der Waals surface area contributed by atoms with E-state index in [1.54, 1.807) is 11.3 Å². The third-order valence-electron chi connectivity index (χ3n) is 4.40. The van der Waals surface area contributed by atoms with Crippen LogP contribution in [0.2, 0.25) is 0 Å². The van der Waals surface area contributed by atoms with Gasteiger partial charge in [-0.2, -0.15) is 9.78 Å². The molecule has 26 heavy (non-hydrogen) atoms. The number of benzene rings is 1. The van der Waals surface area contributed by atoms with Crippen molar-refractivity contribution in [2.75, 3.05) is 0 Å². The fourth-order valence-electron chi connectivity index (χ4n) is 3.10. The summed E-state index contributed by atoms with van der Waals surface area (Å²) in [5, 5.41) is 25.4. The van der Waals surface area contributed by atoms with Crippen LogP contribution in [0.3, 0.4) is 0 Å². The summed E-state index contributed by atoms with van der Waals surface area (Å²) in [7, 11) is 0. The molecular formula is C17H14N4O4S. The summed E-state index contributed by atoms with van der Waals surface area (Å²) < 4.78 is 1.10.